The molecule has 5 nitrogen and oxygen atoms in total. The number of nitrogens with zero attached hydrogens (tertiary/aromatic N) is 3. The predicted octanol–water partition coefficient (Wildman–Crippen LogP) is 4.62. The van der Waals surface area contributed by atoms with Gasteiger partial charge in [0.2, 0.25) is 0 Å². The summed E-state index contributed by atoms with van der Waals surface area (Å²) < 4.78 is 14.6. The molecule has 0 radical (unpaired) electrons. The molecule has 0 aliphatic heterocycles. The lowest BCUT2D eigenvalue weighted by atomic mass is 10.1. The van der Waals surface area contributed by atoms with Crippen molar-refractivity contribution in [2.45, 2.75) is 0 Å². The van der Waals surface area contributed by atoms with Crippen LogP contribution >= 0.6 is 22.6 Å². The van der Waals surface area contributed by atoms with Gasteiger partial charge in [0.1, 0.15) is 5.82 Å². The van der Waals surface area contributed by atoms with Gasteiger partial charge in [0.05, 0.1) is 5.69 Å². The van der Waals surface area contributed by atoms with Gasteiger partial charge in [-0.15, -0.1) is 0 Å². The minimum absolute atomic E-state index is 0.184. The van der Waals surface area contributed by atoms with Crippen LogP contribution in [0.1, 0.15) is 10.4 Å². The molecule has 0 saturated heterocycles. The third-order valence-electron chi connectivity index (χ3n) is 2.49. The molecule has 0 aliphatic rings. The molecule has 0 spiro atoms. The summed E-state index contributed by atoms with van der Waals surface area (Å²) in [5.74, 6) is -1.15. The molecule has 7 heteroatoms. The monoisotopic (exact) mass is 382 g/mol. The first-order valence-electron chi connectivity index (χ1n) is 5.52. The van der Waals surface area contributed by atoms with Gasteiger partial charge in [0.15, 0.2) is 0 Å². The highest BCUT2D eigenvalue weighted by Crippen LogP contribution is 2.24. The van der Waals surface area contributed by atoms with Crippen LogP contribution in [0.5, 0.6) is 0 Å². The number of nitrogens with one attached hydrogen (secondary N) is 1. The summed E-state index contributed by atoms with van der Waals surface area (Å²) in [6.45, 7) is 0. The number of rotatable bonds is 3. The van der Waals surface area contributed by atoms with Crippen LogP contribution in [0.25, 0.3) is 10.4 Å². The van der Waals surface area contributed by atoms with E-state index in [-0.39, 0.29) is 11.3 Å². The fraction of sp³-hybridized carbons (Fsp3) is 0. The zero-order valence-corrected chi connectivity index (χ0v) is 12.2. The SMILES string of the molecule is [N-]=[N+]=NC(=O)c1ccccc1Nc1ccc(I)cc1F. The second-order valence-corrected chi connectivity index (χ2v) is 5.03. The summed E-state index contributed by atoms with van der Waals surface area (Å²) in [5.41, 5.74) is 9.11. The maximum absolute atomic E-state index is 13.8. The van der Waals surface area contributed by atoms with Crippen molar-refractivity contribution < 1.29 is 9.18 Å². The topological polar surface area (TPSA) is 77.9 Å². The van der Waals surface area contributed by atoms with Gasteiger partial charge in [-0.2, -0.15) is 0 Å². The lowest BCUT2D eigenvalue weighted by Crippen LogP contribution is -2.02. The normalized spacial score (nSPS) is 9.70. The van der Waals surface area contributed by atoms with Gasteiger partial charge in [-0.05, 0) is 63.6 Å². The van der Waals surface area contributed by atoms with E-state index in [4.69, 9.17) is 5.53 Å². The number of hydrogen-bond acceptors (Lipinski definition) is 2. The average molecular weight is 382 g/mol. The highest BCUT2D eigenvalue weighted by Gasteiger charge is 2.11. The maximum Gasteiger partial charge on any atom is 0.251 e. The molecule has 0 fully saturated rings. The number of anilines is 2. The number of benzene rings is 2. The quantitative estimate of drug-likeness (QED) is 0.364. The summed E-state index contributed by atoms with van der Waals surface area (Å²) in [4.78, 5) is 14.1. The third-order valence-corrected chi connectivity index (χ3v) is 3.16. The lowest BCUT2D eigenvalue weighted by Gasteiger charge is -2.10. The van der Waals surface area contributed by atoms with E-state index in [9.17, 15) is 9.18 Å². The van der Waals surface area contributed by atoms with Crippen molar-refractivity contribution in [1.82, 2.24) is 0 Å². The Balaban J connectivity index is 2.38. The summed E-state index contributed by atoms with van der Waals surface area (Å²) in [6, 6.07) is 11.1. The smallest absolute Gasteiger partial charge is 0.251 e. The van der Waals surface area contributed by atoms with E-state index in [1.807, 2.05) is 22.6 Å². The van der Waals surface area contributed by atoms with Crippen molar-refractivity contribution >= 4 is 39.9 Å². The molecule has 0 aromatic heterocycles. The van der Waals surface area contributed by atoms with Crippen molar-refractivity contribution in [2.24, 2.45) is 5.11 Å². The Morgan fingerprint density at radius 2 is 2.00 bits per heavy atom. The van der Waals surface area contributed by atoms with Crippen molar-refractivity contribution in [3.05, 3.63) is 67.9 Å². The minimum atomic E-state index is -0.721. The summed E-state index contributed by atoms with van der Waals surface area (Å²) >= 11 is 2.00. The zero-order chi connectivity index (χ0) is 14.5. The Morgan fingerprint density at radius 1 is 1.25 bits per heavy atom. The van der Waals surface area contributed by atoms with Crippen molar-refractivity contribution in [3.63, 3.8) is 0 Å². The maximum atomic E-state index is 13.8. The van der Waals surface area contributed by atoms with E-state index in [1.165, 1.54) is 12.1 Å². The molecule has 100 valence electrons. The Bertz CT molecular complexity index is 713. The number of para-hydroxylation sites is 1. The van der Waals surface area contributed by atoms with E-state index < -0.39 is 11.7 Å². The van der Waals surface area contributed by atoms with Crippen molar-refractivity contribution in [3.8, 4) is 0 Å². The molecule has 0 bridgehead atoms. The van der Waals surface area contributed by atoms with E-state index >= 15 is 0 Å². The number of halogens is 2. The van der Waals surface area contributed by atoms with Crippen LogP contribution in [-0.2, 0) is 0 Å². The van der Waals surface area contributed by atoms with Crippen LogP contribution < -0.4 is 5.32 Å². The van der Waals surface area contributed by atoms with E-state index in [0.717, 1.165) is 3.57 Å². The van der Waals surface area contributed by atoms with Gasteiger partial charge in [-0.1, -0.05) is 12.1 Å². The van der Waals surface area contributed by atoms with Gasteiger partial charge in [0.25, 0.3) is 5.91 Å². The molecule has 0 saturated carbocycles. The molecular formula is C13H8FIN4O. The van der Waals surface area contributed by atoms with Gasteiger partial charge < -0.3 is 5.32 Å². The molecular weight excluding hydrogens is 374 g/mol. The second kappa shape index (κ2) is 6.36. The Labute approximate surface area is 127 Å². The van der Waals surface area contributed by atoms with Crippen LogP contribution in [0.2, 0.25) is 0 Å². The standard InChI is InChI=1S/C13H8FIN4O/c14-10-7-8(15)5-6-12(10)17-11-4-2-1-3-9(11)13(20)18-19-16/h1-7,17H. The molecule has 0 unspecified atom stereocenters. The van der Waals surface area contributed by atoms with Crippen LogP contribution in [0.3, 0.4) is 0 Å². The van der Waals surface area contributed by atoms with Crippen LogP contribution in [0, 0.1) is 9.39 Å². The Hall–Kier alpha value is -2.12. The second-order valence-electron chi connectivity index (χ2n) is 3.79. The average Bonchev–Trinajstić information content (AvgIpc) is 2.43. The molecule has 1 amide bonds. The minimum Gasteiger partial charge on any atom is -0.353 e. The Kier molecular flexibility index (Phi) is 4.54. The van der Waals surface area contributed by atoms with Crippen LogP contribution in [-0.4, -0.2) is 5.91 Å². The van der Waals surface area contributed by atoms with Gasteiger partial charge >= 0.3 is 0 Å². The number of carbonyl (C=O) groups is 1. The first kappa shape index (κ1) is 14.3. The largest absolute Gasteiger partial charge is 0.353 e. The fourth-order valence-electron chi connectivity index (χ4n) is 1.61. The van der Waals surface area contributed by atoms with Gasteiger partial charge in [0, 0.05) is 19.7 Å². The Morgan fingerprint density at radius 3 is 2.70 bits per heavy atom. The molecule has 0 heterocycles. The molecule has 1 N–H and O–H groups in total. The van der Waals surface area contributed by atoms with Gasteiger partial charge in [-0.3, -0.25) is 4.79 Å². The molecule has 2 rings (SSSR count). The van der Waals surface area contributed by atoms with Crippen molar-refractivity contribution in [2.75, 3.05) is 5.32 Å². The molecule has 20 heavy (non-hydrogen) atoms. The van der Waals surface area contributed by atoms with Crippen molar-refractivity contribution in [1.29, 1.82) is 0 Å². The summed E-state index contributed by atoms with van der Waals surface area (Å²) in [5, 5.41) is 5.87. The number of azide groups is 1. The highest BCUT2D eigenvalue weighted by molar-refractivity contribution is 14.1. The molecule has 2 aromatic rings. The number of amides is 1. The molecule has 0 atom stereocenters. The first-order chi connectivity index (χ1) is 9.61. The summed E-state index contributed by atoms with van der Waals surface area (Å²) in [6.07, 6.45) is 0. The van der Waals surface area contributed by atoms with E-state index in [2.05, 4.69) is 15.3 Å². The zero-order valence-electron chi connectivity index (χ0n) is 10.0. The third kappa shape index (κ3) is 3.25. The van der Waals surface area contributed by atoms with E-state index in [1.54, 1.807) is 30.3 Å². The fourth-order valence-corrected chi connectivity index (χ4v) is 2.06. The van der Waals surface area contributed by atoms with Gasteiger partial charge in [-0.25, -0.2) is 4.39 Å². The van der Waals surface area contributed by atoms with Crippen LogP contribution in [0.4, 0.5) is 15.8 Å². The number of carbonyl (C=O) groups excluding carboxylic acids is 1. The predicted molar refractivity (Wildman–Crippen MR) is 82.3 cm³/mol. The van der Waals surface area contributed by atoms with Crippen LogP contribution in [0.15, 0.2) is 47.6 Å². The summed E-state index contributed by atoms with van der Waals surface area (Å²) in [7, 11) is 0. The number of hydrogen-bond donors (Lipinski definition) is 1. The highest BCUT2D eigenvalue weighted by atomic mass is 127. The molecule has 2 aromatic carbocycles. The lowest BCUT2D eigenvalue weighted by molar-refractivity contribution is 0.100. The van der Waals surface area contributed by atoms with E-state index in [0.29, 0.717) is 5.69 Å². The first-order valence-corrected chi connectivity index (χ1v) is 6.60. The molecule has 0 aliphatic carbocycles.